The Morgan fingerprint density at radius 3 is 1.37 bits per heavy atom. The van der Waals surface area contributed by atoms with Crippen LogP contribution in [0.25, 0.3) is 21.8 Å². The van der Waals surface area contributed by atoms with Crippen molar-refractivity contribution in [1.82, 2.24) is 40.4 Å². The highest BCUT2D eigenvalue weighted by Gasteiger charge is 2.43. The van der Waals surface area contributed by atoms with Crippen LogP contribution in [0.1, 0.15) is 76.2 Å². The van der Waals surface area contributed by atoms with Gasteiger partial charge in [0.05, 0.1) is 21.8 Å². The summed E-state index contributed by atoms with van der Waals surface area (Å²) in [5.74, 6) is -1.35. The van der Waals surface area contributed by atoms with E-state index in [1.165, 1.54) is 23.0 Å². The first-order chi connectivity index (χ1) is 24.5. The van der Waals surface area contributed by atoms with Crippen molar-refractivity contribution in [3.8, 4) is 0 Å². The summed E-state index contributed by atoms with van der Waals surface area (Å²) in [6, 6.07) is 10.5. The van der Waals surface area contributed by atoms with Gasteiger partial charge in [-0.3, -0.25) is 58.1 Å². The number of aryl methyl sites for hydroxylation is 2. The Bertz CT molecular complexity index is 2150. The number of nitrogens with one attached hydrogen (secondary N) is 4. The van der Waals surface area contributed by atoms with Crippen LogP contribution in [-0.4, -0.2) is 54.5 Å². The van der Waals surface area contributed by atoms with E-state index in [0.29, 0.717) is 44.6 Å². The smallest absolute Gasteiger partial charge is 0.262 e. The third-order valence-electron chi connectivity index (χ3n) is 9.51. The van der Waals surface area contributed by atoms with Crippen LogP contribution >= 0.6 is 0 Å². The molecule has 2 aromatic heterocycles. The zero-order chi connectivity index (χ0) is 38.1. The maximum Gasteiger partial charge on any atom is 0.262 e. The molecule has 52 heavy (non-hydrogen) atoms. The van der Waals surface area contributed by atoms with E-state index in [1.807, 2.05) is 0 Å². The lowest BCUT2D eigenvalue weighted by molar-refractivity contribution is -0.141. The Kier molecular flexibility index (Phi) is 10.2. The SMILES string of the molecule is CC(=O)NCc1cccc2nc(C)n([C@@]3(C)CCC(=O)NC3=O)c(=O)c12.CC(=O)NCc1cccc2nc(C)n([C@]3(C)CCC(=O)NC3=O)c(=O)c12. The predicted molar refractivity (Wildman–Crippen MR) is 189 cm³/mol. The highest BCUT2D eigenvalue weighted by molar-refractivity contribution is 6.02. The minimum Gasteiger partial charge on any atom is -0.352 e. The Balaban J connectivity index is 0.000000201. The number of imide groups is 2. The molecule has 2 aliphatic heterocycles. The molecule has 272 valence electrons. The summed E-state index contributed by atoms with van der Waals surface area (Å²) in [7, 11) is 0. The fourth-order valence-corrected chi connectivity index (χ4v) is 6.73. The van der Waals surface area contributed by atoms with Crippen LogP contribution in [0.15, 0.2) is 46.0 Å². The molecule has 2 fully saturated rings. The zero-order valence-electron chi connectivity index (χ0n) is 29.8. The summed E-state index contributed by atoms with van der Waals surface area (Å²) < 4.78 is 2.71. The fraction of sp³-hybridized carbons (Fsp3) is 0.389. The standard InChI is InChI=1S/2C18H20N4O4/c2*1-10-20-13-6-4-5-12(9-19-11(2)23)15(13)16(25)22(10)18(3)8-7-14(24)21-17(18)26/h2*4-6H,7-9H2,1-3H3,(H,19,23)(H,21,24,26)/t2*18-/m10/s1. The number of aromatic nitrogens is 4. The van der Waals surface area contributed by atoms with Gasteiger partial charge in [-0.2, -0.15) is 0 Å². The molecule has 4 heterocycles. The molecule has 0 saturated carbocycles. The van der Waals surface area contributed by atoms with Crippen molar-refractivity contribution < 1.29 is 28.8 Å². The van der Waals surface area contributed by atoms with E-state index in [0.717, 1.165) is 0 Å². The van der Waals surface area contributed by atoms with Crippen molar-refractivity contribution in [1.29, 1.82) is 0 Å². The van der Waals surface area contributed by atoms with Crippen molar-refractivity contribution in [2.45, 2.75) is 91.4 Å². The summed E-state index contributed by atoms with van der Waals surface area (Å²) in [5.41, 5.74) is -0.861. The number of piperidine rings is 2. The summed E-state index contributed by atoms with van der Waals surface area (Å²) in [4.78, 5) is 106. The number of benzene rings is 2. The van der Waals surface area contributed by atoms with E-state index in [4.69, 9.17) is 0 Å². The van der Waals surface area contributed by atoms with Crippen LogP contribution in [0.3, 0.4) is 0 Å². The summed E-state index contributed by atoms with van der Waals surface area (Å²) >= 11 is 0. The quantitative estimate of drug-likeness (QED) is 0.208. The maximum absolute atomic E-state index is 13.3. The number of fused-ring (bicyclic) bond motifs is 2. The maximum atomic E-state index is 13.3. The van der Waals surface area contributed by atoms with Gasteiger partial charge < -0.3 is 10.6 Å². The van der Waals surface area contributed by atoms with Crippen LogP contribution < -0.4 is 32.4 Å². The molecule has 4 aromatic rings. The molecule has 2 saturated heterocycles. The van der Waals surface area contributed by atoms with Crippen LogP contribution in [0.5, 0.6) is 0 Å². The first-order valence-electron chi connectivity index (χ1n) is 16.7. The molecule has 2 atom stereocenters. The largest absolute Gasteiger partial charge is 0.352 e. The van der Waals surface area contributed by atoms with Crippen LogP contribution in [0.4, 0.5) is 0 Å². The van der Waals surface area contributed by atoms with Gasteiger partial charge in [0.15, 0.2) is 0 Å². The molecular formula is C36H40N8O8. The molecular weight excluding hydrogens is 672 g/mol. The van der Waals surface area contributed by atoms with Gasteiger partial charge in [0.25, 0.3) is 22.9 Å². The molecule has 6 rings (SSSR count). The lowest BCUT2D eigenvalue weighted by Gasteiger charge is -2.34. The number of carbonyl (C=O) groups is 6. The van der Waals surface area contributed by atoms with E-state index < -0.39 is 22.9 Å². The van der Waals surface area contributed by atoms with Gasteiger partial charge in [-0.15, -0.1) is 0 Å². The molecule has 0 unspecified atom stereocenters. The van der Waals surface area contributed by atoms with E-state index in [2.05, 4.69) is 31.2 Å². The topological polar surface area (TPSA) is 220 Å². The second-order valence-electron chi connectivity index (χ2n) is 13.3. The molecule has 16 nitrogen and oxygen atoms in total. The second kappa shape index (κ2) is 14.3. The van der Waals surface area contributed by atoms with E-state index in [9.17, 15) is 38.4 Å². The monoisotopic (exact) mass is 712 g/mol. The Labute approximate surface area is 297 Å². The number of amides is 6. The molecule has 4 N–H and O–H groups in total. The molecule has 2 aromatic carbocycles. The molecule has 0 aliphatic carbocycles. The third-order valence-corrected chi connectivity index (χ3v) is 9.51. The number of carbonyl (C=O) groups excluding carboxylic acids is 6. The minimum absolute atomic E-state index is 0.152. The molecule has 16 heteroatoms. The van der Waals surface area contributed by atoms with Crippen molar-refractivity contribution >= 4 is 57.2 Å². The average molecular weight is 713 g/mol. The van der Waals surface area contributed by atoms with Gasteiger partial charge in [-0.25, -0.2) is 9.97 Å². The van der Waals surface area contributed by atoms with Gasteiger partial charge in [0, 0.05) is 39.8 Å². The van der Waals surface area contributed by atoms with Crippen LogP contribution in [-0.2, 0) is 52.9 Å². The predicted octanol–water partition coefficient (Wildman–Crippen LogP) is 0.986. The molecule has 6 amide bonds. The first-order valence-corrected chi connectivity index (χ1v) is 16.7. The zero-order valence-corrected chi connectivity index (χ0v) is 29.8. The third kappa shape index (κ3) is 6.95. The second-order valence-corrected chi connectivity index (χ2v) is 13.3. The van der Waals surface area contributed by atoms with Crippen LogP contribution in [0, 0.1) is 13.8 Å². The highest BCUT2D eigenvalue weighted by Crippen LogP contribution is 2.28. The van der Waals surface area contributed by atoms with E-state index >= 15 is 0 Å². The summed E-state index contributed by atoms with van der Waals surface area (Å²) in [6.45, 7) is 9.77. The number of nitrogens with zero attached hydrogens (tertiary/aromatic N) is 4. The first kappa shape index (κ1) is 37.2. The number of rotatable bonds is 6. The lowest BCUT2D eigenvalue weighted by Crippen LogP contribution is -2.56. The summed E-state index contributed by atoms with van der Waals surface area (Å²) in [6.07, 6.45) is 0.748. The number of hydrogen-bond acceptors (Lipinski definition) is 10. The Morgan fingerprint density at radius 2 is 1.04 bits per heavy atom. The van der Waals surface area contributed by atoms with Crippen molar-refractivity contribution in [3.63, 3.8) is 0 Å². The van der Waals surface area contributed by atoms with Gasteiger partial charge in [0.2, 0.25) is 23.6 Å². The van der Waals surface area contributed by atoms with E-state index in [1.54, 1.807) is 64.1 Å². The normalized spacial score (nSPS) is 20.1. The van der Waals surface area contributed by atoms with Gasteiger partial charge in [0.1, 0.15) is 22.7 Å². The Morgan fingerprint density at radius 1 is 0.673 bits per heavy atom. The van der Waals surface area contributed by atoms with Crippen molar-refractivity contribution in [2.24, 2.45) is 0 Å². The number of hydrogen-bond donors (Lipinski definition) is 4. The van der Waals surface area contributed by atoms with Crippen molar-refractivity contribution in [3.05, 3.63) is 79.9 Å². The molecule has 0 bridgehead atoms. The van der Waals surface area contributed by atoms with Crippen LogP contribution in [0.2, 0.25) is 0 Å². The lowest BCUT2D eigenvalue weighted by atomic mass is 9.90. The van der Waals surface area contributed by atoms with Gasteiger partial charge in [-0.05, 0) is 63.8 Å². The summed E-state index contributed by atoms with van der Waals surface area (Å²) in [5, 5.41) is 10.7. The minimum atomic E-state index is -1.20. The Hall–Kier alpha value is -6.06. The van der Waals surface area contributed by atoms with E-state index in [-0.39, 0.29) is 73.5 Å². The average Bonchev–Trinajstić information content (AvgIpc) is 3.06. The highest BCUT2D eigenvalue weighted by atomic mass is 16.2. The molecule has 0 spiro atoms. The fourth-order valence-electron chi connectivity index (χ4n) is 6.73. The molecule has 0 radical (unpaired) electrons. The molecule has 2 aliphatic rings. The van der Waals surface area contributed by atoms with Gasteiger partial charge in [-0.1, -0.05) is 24.3 Å². The van der Waals surface area contributed by atoms with Crippen molar-refractivity contribution in [2.75, 3.05) is 0 Å². The van der Waals surface area contributed by atoms with Gasteiger partial charge >= 0.3 is 0 Å².